The lowest BCUT2D eigenvalue weighted by Gasteiger charge is -2.42. The molecule has 0 heterocycles. The van der Waals surface area contributed by atoms with Crippen molar-refractivity contribution >= 4 is 5.97 Å². The van der Waals surface area contributed by atoms with Crippen molar-refractivity contribution in [1.82, 2.24) is 0 Å². The molecule has 0 amide bonds. The first-order valence-corrected chi connectivity index (χ1v) is 6.67. The minimum Gasteiger partial charge on any atom is -0.478 e. The van der Waals surface area contributed by atoms with Crippen LogP contribution in [0, 0.1) is 11.8 Å². The molecule has 4 aliphatic rings. The van der Waals surface area contributed by atoms with Gasteiger partial charge in [0, 0.05) is 11.8 Å². The maximum Gasteiger partial charge on any atom is 0.335 e. The van der Waals surface area contributed by atoms with Gasteiger partial charge in [0.05, 0.1) is 5.57 Å². The highest BCUT2D eigenvalue weighted by Crippen LogP contribution is 2.51. The Balaban J connectivity index is 1.94. The highest BCUT2D eigenvalue weighted by atomic mass is 16.4. The monoisotopic (exact) mass is 250 g/mol. The van der Waals surface area contributed by atoms with Gasteiger partial charge in [0.25, 0.3) is 0 Å². The molecule has 0 aromatic heterocycles. The van der Waals surface area contributed by atoms with Crippen molar-refractivity contribution in [3.05, 3.63) is 70.4 Å². The van der Waals surface area contributed by atoms with E-state index in [2.05, 4.69) is 24.3 Å². The molecule has 2 unspecified atom stereocenters. The molecule has 2 heteroatoms. The van der Waals surface area contributed by atoms with E-state index in [1.54, 1.807) is 6.08 Å². The molecular formula is C17H14O2. The van der Waals surface area contributed by atoms with Gasteiger partial charge >= 0.3 is 5.97 Å². The number of hydrogen-bond donors (Lipinski definition) is 1. The molecular weight excluding hydrogens is 236 g/mol. The Kier molecular flexibility index (Phi) is 2.10. The first-order valence-electron chi connectivity index (χ1n) is 6.67. The summed E-state index contributed by atoms with van der Waals surface area (Å²) in [6.45, 7) is 0. The summed E-state index contributed by atoms with van der Waals surface area (Å²) in [6.07, 6.45) is 16.6. The largest absolute Gasteiger partial charge is 0.478 e. The van der Waals surface area contributed by atoms with Crippen LogP contribution < -0.4 is 0 Å². The maximum atomic E-state index is 11.4. The Bertz CT molecular complexity index is 665. The second-order valence-electron chi connectivity index (χ2n) is 5.46. The summed E-state index contributed by atoms with van der Waals surface area (Å²) in [7, 11) is 0. The van der Waals surface area contributed by atoms with Crippen molar-refractivity contribution in [2.24, 2.45) is 11.8 Å². The molecule has 2 nitrogen and oxygen atoms in total. The Hall–Kier alpha value is -2.09. The van der Waals surface area contributed by atoms with E-state index in [0.29, 0.717) is 11.5 Å². The summed E-state index contributed by atoms with van der Waals surface area (Å²) in [4.78, 5) is 11.4. The fourth-order valence-electron chi connectivity index (χ4n) is 3.72. The zero-order valence-corrected chi connectivity index (χ0v) is 10.5. The van der Waals surface area contributed by atoms with Crippen LogP contribution in [-0.2, 0) is 4.79 Å². The molecule has 0 aromatic rings. The normalized spacial score (nSPS) is 30.4. The highest BCUT2D eigenvalue weighted by Gasteiger charge is 2.40. The third-order valence-corrected chi connectivity index (χ3v) is 4.55. The van der Waals surface area contributed by atoms with E-state index in [9.17, 15) is 9.90 Å². The fourth-order valence-corrected chi connectivity index (χ4v) is 3.72. The SMILES string of the molecule is O=C(O)C1=CC=C2CC=C3C=CCC4=CC=C1C2C34. The van der Waals surface area contributed by atoms with Crippen LogP contribution in [0.25, 0.3) is 0 Å². The van der Waals surface area contributed by atoms with Gasteiger partial charge in [-0.05, 0) is 30.1 Å². The summed E-state index contributed by atoms with van der Waals surface area (Å²) in [5.74, 6) is -0.199. The molecule has 0 aliphatic heterocycles. The van der Waals surface area contributed by atoms with Crippen molar-refractivity contribution in [3.8, 4) is 0 Å². The van der Waals surface area contributed by atoms with Gasteiger partial charge in [-0.25, -0.2) is 4.79 Å². The van der Waals surface area contributed by atoms with Crippen molar-refractivity contribution in [2.75, 3.05) is 0 Å². The van der Waals surface area contributed by atoms with Crippen molar-refractivity contribution in [1.29, 1.82) is 0 Å². The van der Waals surface area contributed by atoms with E-state index in [-0.39, 0.29) is 5.92 Å². The van der Waals surface area contributed by atoms with Crippen molar-refractivity contribution < 1.29 is 9.90 Å². The van der Waals surface area contributed by atoms with Gasteiger partial charge in [-0.2, -0.15) is 0 Å². The summed E-state index contributed by atoms with van der Waals surface area (Å²) in [5, 5.41) is 9.36. The lowest BCUT2D eigenvalue weighted by atomic mass is 9.61. The number of carboxylic acid groups (broad SMARTS) is 1. The summed E-state index contributed by atoms with van der Waals surface area (Å²) < 4.78 is 0. The fraction of sp³-hybridized carbons (Fsp3) is 0.235. The molecule has 0 radical (unpaired) electrons. The van der Waals surface area contributed by atoms with Gasteiger partial charge in [-0.1, -0.05) is 47.6 Å². The Labute approximate surface area is 111 Å². The van der Waals surface area contributed by atoms with Crippen LogP contribution in [0.4, 0.5) is 0 Å². The predicted octanol–water partition coefficient (Wildman–Crippen LogP) is 3.33. The van der Waals surface area contributed by atoms with Gasteiger partial charge in [0.15, 0.2) is 0 Å². The average Bonchev–Trinajstić information content (AvgIpc) is 2.44. The molecule has 0 saturated heterocycles. The van der Waals surface area contributed by atoms with Crippen molar-refractivity contribution in [3.63, 3.8) is 0 Å². The quantitative estimate of drug-likeness (QED) is 0.775. The van der Waals surface area contributed by atoms with Crippen LogP contribution in [0.2, 0.25) is 0 Å². The van der Waals surface area contributed by atoms with Gasteiger partial charge < -0.3 is 5.11 Å². The van der Waals surface area contributed by atoms with E-state index in [0.717, 1.165) is 18.4 Å². The summed E-state index contributed by atoms with van der Waals surface area (Å²) >= 11 is 0. The molecule has 19 heavy (non-hydrogen) atoms. The number of allylic oxidation sites excluding steroid dienone is 10. The molecule has 0 fully saturated rings. The van der Waals surface area contributed by atoms with Crippen LogP contribution in [0.3, 0.4) is 0 Å². The van der Waals surface area contributed by atoms with Crippen LogP contribution in [0.15, 0.2) is 70.4 Å². The van der Waals surface area contributed by atoms with Gasteiger partial charge in [0.2, 0.25) is 0 Å². The number of carbonyl (C=O) groups is 1. The van der Waals surface area contributed by atoms with Crippen molar-refractivity contribution in [2.45, 2.75) is 12.8 Å². The van der Waals surface area contributed by atoms with Crippen LogP contribution in [-0.4, -0.2) is 11.1 Å². The zero-order chi connectivity index (χ0) is 13.0. The van der Waals surface area contributed by atoms with E-state index < -0.39 is 5.97 Å². The van der Waals surface area contributed by atoms with Crippen LogP contribution in [0.1, 0.15) is 12.8 Å². The number of hydrogen-bond acceptors (Lipinski definition) is 1. The second kappa shape index (κ2) is 3.70. The predicted molar refractivity (Wildman–Crippen MR) is 73.4 cm³/mol. The third-order valence-electron chi connectivity index (χ3n) is 4.55. The summed E-state index contributed by atoms with van der Waals surface area (Å²) in [6, 6.07) is 0. The van der Waals surface area contributed by atoms with Gasteiger partial charge in [-0.15, -0.1) is 0 Å². The first-order chi connectivity index (χ1) is 9.25. The second-order valence-corrected chi connectivity index (χ2v) is 5.46. The summed E-state index contributed by atoms with van der Waals surface area (Å²) in [5.41, 5.74) is 5.57. The van der Waals surface area contributed by atoms with Crippen LogP contribution in [0.5, 0.6) is 0 Å². The third kappa shape index (κ3) is 1.40. The molecule has 0 spiro atoms. The molecule has 0 saturated carbocycles. The molecule has 0 aromatic carbocycles. The lowest BCUT2D eigenvalue weighted by molar-refractivity contribution is -0.132. The number of aliphatic carboxylic acids is 1. The molecule has 2 atom stereocenters. The molecule has 0 bridgehead atoms. The van der Waals surface area contributed by atoms with Crippen LogP contribution >= 0.6 is 0 Å². The number of carboxylic acids is 1. The molecule has 1 N–H and O–H groups in total. The minimum atomic E-state index is -0.819. The maximum absolute atomic E-state index is 11.4. The molecule has 4 rings (SSSR count). The highest BCUT2D eigenvalue weighted by molar-refractivity contribution is 5.93. The average molecular weight is 250 g/mol. The van der Waals surface area contributed by atoms with E-state index in [4.69, 9.17) is 0 Å². The van der Waals surface area contributed by atoms with E-state index in [1.165, 1.54) is 16.7 Å². The standard InChI is InChI=1S/C17H14O2/c18-17(19)14-9-7-12-5-4-10-2-1-3-11-6-8-13(14)16(12)15(10)11/h1-2,4,6-9,15-16H,3,5H2,(H,18,19). The topological polar surface area (TPSA) is 37.3 Å². The lowest BCUT2D eigenvalue weighted by Crippen LogP contribution is -2.32. The van der Waals surface area contributed by atoms with E-state index in [1.807, 2.05) is 12.2 Å². The smallest absolute Gasteiger partial charge is 0.335 e. The van der Waals surface area contributed by atoms with Gasteiger partial charge in [0.1, 0.15) is 0 Å². The van der Waals surface area contributed by atoms with Gasteiger partial charge in [-0.3, -0.25) is 0 Å². The molecule has 4 aliphatic carbocycles. The number of rotatable bonds is 1. The zero-order valence-electron chi connectivity index (χ0n) is 10.5. The minimum absolute atomic E-state index is 0.251. The Morgan fingerprint density at radius 1 is 1.05 bits per heavy atom. The molecule has 94 valence electrons. The first kappa shape index (κ1) is 10.8. The Morgan fingerprint density at radius 2 is 1.84 bits per heavy atom. The van der Waals surface area contributed by atoms with E-state index >= 15 is 0 Å². The Morgan fingerprint density at radius 3 is 2.68 bits per heavy atom.